The molecule has 0 bridgehead atoms. The molecule has 1 aromatic carbocycles. The first kappa shape index (κ1) is 15.7. The average molecular weight is 313 g/mol. The third-order valence-corrected chi connectivity index (χ3v) is 4.08. The number of benzene rings is 1. The maximum absolute atomic E-state index is 10.8. The minimum atomic E-state index is -3.00. The van der Waals surface area contributed by atoms with E-state index in [9.17, 15) is 8.42 Å². The fourth-order valence-corrected chi connectivity index (χ4v) is 2.50. The van der Waals surface area contributed by atoms with Crippen molar-refractivity contribution in [3.05, 3.63) is 59.9 Å². The number of nitrogens with one attached hydrogen (secondary N) is 1. The summed E-state index contributed by atoms with van der Waals surface area (Å²) in [5.74, 6) is 0. The zero-order chi connectivity index (χ0) is 16.2. The van der Waals surface area contributed by atoms with Crippen molar-refractivity contribution >= 4 is 20.9 Å². The molecule has 0 amide bonds. The molecular weight excluding hydrogens is 298 g/mol. The number of rotatable bonds is 1. The van der Waals surface area contributed by atoms with Crippen LogP contribution in [0.1, 0.15) is 11.3 Å². The third kappa shape index (κ3) is 3.71. The van der Waals surface area contributed by atoms with Crippen molar-refractivity contribution in [3.63, 3.8) is 0 Å². The number of hydrogen-bond acceptors (Lipinski definition) is 4. The number of hydrogen-bond donors (Lipinski definition) is 1. The van der Waals surface area contributed by atoms with Crippen LogP contribution in [0, 0.1) is 18.3 Å². The highest BCUT2D eigenvalue weighted by Crippen LogP contribution is 2.14. The van der Waals surface area contributed by atoms with E-state index in [1.54, 1.807) is 36.5 Å². The number of sulfone groups is 1. The Labute approximate surface area is 129 Å². The van der Waals surface area contributed by atoms with Crippen LogP contribution in [-0.4, -0.2) is 24.6 Å². The van der Waals surface area contributed by atoms with Crippen LogP contribution < -0.4 is 0 Å². The molecule has 1 N–H and O–H groups in total. The fourth-order valence-electron chi connectivity index (χ4n) is 1.85. The van der Waals surface area contributed by atoms with E-state index < -0.39 is 9.84 Å². The summed E-state index contributed by atoms with van der Waals surface area (Å²) < 4.78 is 21.7. The summed E-state index contributed by atoms with van der Waals surface area (Å²) >= 11 is 0. The van der Waals surface area contributed by atoms with Crippen molar-refractivity contribution < 1.29 is 8.42 Å². The summed E-state index contributed by atoms with van der Waals surface area (Å²) in [5.41, 5.74) is 3.21. The summed E-state index contributed by atoms with van der Waals surface area (Å²) in [4.78, 5) is 7.60. The van der Waals surface area contributed by atoms with E-state index in [2.05, 4.69) is 16.0 Å². The van der Waals surface area contributed by atoms with Crippen molar-refractivity contribution in [3.8, 4) is 6.07 Å². The standard InChI is InChI=1S/C9H7N3.C7H8O2S/c1-6-2-3-8-9(12-6)7(4-10)5-11-8;1-10(8,9)7-5-3-2-4-6-7/h2-3,5,11H,1H3;2-6H,1H3. The third-order valence-electron chi connectivity index (χ3n) is 2.95. The maximum Gasteiger partial charge on any atom is 0.175 e. The molecule has 3 rings (SSSR count). The lowest BCUT2D eigenvalue weighted by atomic mass is 10.2. The Morgan fingerprint density at radius 1 is 1.14 bits per heavy atom. The minimum Gasteiger partial charge on any atom is -0.359 e. The van der Waals surface area contributed by atoms with Gasteiger partial charge < -0.3 is 4.98 Å². The molecule has 0 spiro atoms. The van der Waals surface area contributed by atoms with Crippen LogP contribution in [0.3, 0.4) is 0 Å². The lowest BCUT2D eigenvalue weighted by Crippen LogP contribution is -1.95. The Kier molecular flexibility index (Phi) is 4.59. The number of pyridine rings is 1. The Morgan fingerprint density at radius 2 is 1.82 bits per heavy atom. The lowest BCUT2D eigenvalue weighted by Gasteiger charge is -1.93. The van der Waals surface area contributed by atoms with Crippen LogP contribution in [0.25, 0.3) is 11.0 Å². The molecule has 0 aliphatic heterocycles. The molecule has 0 aliphatic carbocycles. The van der Waals surface area contributed by atoms with Gasteiger partial charge in [-0.15, -0.1) is 0 Å². The van der Waals surface area contributed by atoms with Crippen LogP contribution in [0.15, 0.2) is 53.6 Å². The largest absolute Gasteiger partial charge is 0.359 e. The summed E-state index contributed by atoms with van der Waals surface area (Å²) in [7, 11) is -3.00. The first-order valence-corrected chi connectivity index (χ1v) is 8.41. The molecule has 3 aromatic rings. The van der Waals surface area contributed by atoms with Gasteiger partial charge in [0.1, 0.15) is 11.6 Å². The van der Waals surface area contributed by atoms with E-state index in [0.717, 1.165) is 16.7 Å². The van der Waals surface area contributed by atoms with Crippen LogP contribution in [0.2, 0.25) is 0 Å². The zero-order valence-corrected chi connectivity index (χ0v) is 13.1. The zero-order valence-electron chi connectivity index (χ0n) is 12.2. The first-order chi connectivity index (χ1) is 10.4. The Bertz CT molecular complexity index is 923. The fraction of sp³-hybridized carbons (Fsp3) is 0.125. The van der Waals surface area contributed by atoms with Gasteiger partial charge in [-0.3, -0.25) is 4.98 Å². The van der Waals surface area contributed by atoms with Crippen molar-refractivity contribution in [2.75, 3.05) is 6.26 Å². The highest BCUT2D eigenvalue weighted by Gasteiger charge is 2.03. The summed E-state index contributed by atoms with van der Waals surface area (Å²) in [6.45, 7) is 1.91. The number of H-pyrrole nitrogens is 1. The van der Waals surface area contributed by atoms with Gasteiger partial charge >= 0.3 is 0 Å². The Morgan fingerprint density at radius 3 is 2.36 bits per heavy atom. The lowest BCUT2D eigenvalue weighted by molar-refractivity contribution is 0.602. The van der Waals surface area contributed by atoms with Crippen LogP contribution in [-0.2, 0) is 9.84 Å². The number of nitrogens with zero attached hydrogens (tertiary/aromatic N) is 2. The van der Waals surface area contributed by atoms with Crippen LogP contribution in [0.5, 0.6) is 0 Å². The van der Waals surface area contributed by atoms with Crippen LogP contribution in [0.4, 0.5) is 0 Å². The van der Waals surface area contributed by atoms with Gasteiger partial charge in [0.25, 0.3) is 0 Å². The molecule has 5 nitrogen and oxygen atoms in total. The topological polar surface area (TPSA) is 86.6 Å². The molecule has 0 saturated heterocycles. The Hall–Kier alpha value is -2.65. The van der Waals surface area contributed by atoms with E-state index in [0.29, 0.717) is 10.5 Å². The smallest absolute Gasteiger partial charge is 0.175 e. The molecule has 0 atom stereocenters. The molecule has 0 unspecified atom stereocenters. The number of aromatic nitrogens is 2. The number of fused-ring (bicyclic) bond motifs is 1. The first-order valence-electron chi connectivity index (χ1n) is 6.52. The highest BCUT2D eigenvalue weighted by molar-refractivity contribution is 7.90. The predicted molar refractivity (Wildman–Crippen MR) is 85.1 cm³/mol. The SMILES string of the molecule is CS(=O)(=O)c1ccccc1.Cc1ccc2[nH]cc(C#N)c2n1. The molecule has 0 saturated carbocycles. The highest BCUT2D eigenvalue weighted by atomic mass is 32.2. The second-order valence-corrected chi connectivity index (χ2v) is 6.76. The summed E-state index contributed by atoms with van der Waals surface area (Å²) in [6.07, 6.45) is 2.87. The van der Waals surface area contributed by atoms with Gasteiger partial charge in [-0.25, -0.2) is 8.42 Å². The summed E-state index contributed by atoms with van der Waals surface area (Å²) in [6, 6.07) is 14.3. The van der Waals surface area contributed by atoms with Gasteiger partial charge in [0, 0.05) is 18.1 Å². The van der Waals surface area contributed by atoms with Gasteiger partial charge in [0.15, 0.2) is 9.84 Å². The molecule has 0 radical (unpaired) electrons. The van der Waals surface area contributed by atoms with Crippen molar-refractivity contribution in [2.24, 2.45) is 0 Å². The van der Waals surface area contributed by atoms with Gasteiger partial charge in [0.05, 0.1) is 16.0 Å². The van der Waals surface area contributed by atoms with E-state index in [-0.39, 0.29) is 0 Å². The molecule has 0 fully saturated rings. The van der Waals surface area contributed by atoms with Gasteiger partial charge in [-0.2, -0.15) is 5.26 Å². The van der Waals surface area contributed by atoms with Gasteiger partial charge in [-0.1, -0.05) is 18.2 Å². The van der Waals surface area contributed by atoms with E-state index in [1.807, 2.05) is 19.1 Å². The number of nitriles is 1. The summed E-state index contributed by atoms with van der Waals surface area (Å²) in [5, 5.41) is 8.71. The van der Waals surface area contributed by atoms with Crippen molar-refractivity contribution in [1.82, 2.24) is 9.97 Å². The number of aromatic amines is 1. The molecular formula is C16H15N3O2S. The monoisotopic (exact) mass is 313 g/mol. The molecule has 2 aromatic heterocycles. The Balaban J connectivity index is 0.000000164. The maximum atomic E-state index is 10.8. The molecule has 6 heteroatoms. The van der Waals surface area contributed by atoms with E-state index in [1.165, 1.54) is 6.26 Å². The van der Waals surface area contributed by atoms with Crippen LogP contribution >= 0.6 is 0 Å². The second-order valence-electron chi connectivity index (χ2n) is 4.75. The molecule has 22 heavy (non-hydrogen) atoms. The average Bonchev–Trinajstić information content (AvgIpc) is 2.90. The van der Waals surface area contributed by atoms with Crippen molar-refractivity contribution in [1.29, 1.82) is 5.26 Å². The minimum absolute atomic E-state index is 0.370. The van der Waals surface area contributed by atoms with Crippen molar-refractivity contribution in [2.45, 2.75) is 11.8 Å². The van der Waals surface area contributed by atoms with Gasteiger partial charge in [0.2, 0.25) is 0 Å². The molecule has 112 valence electrons. The van der Waals surface area contributed by atoms with E-state index >= 15 is 0 Å². The quantitative estimate of drug-likeness (QED) is 0.748. The van der Waals surface area contributed by atoms with Gasteiger partial charge in [-0.05, 0) is 31.2 Å². The normalized spacial score (nSPS) is 10.6. The second kappa shape index (κ2) is 6.41. The van der Waals surface area contributed by atoms with E-state index in [4.69, 9.17) is 5.26 Å². The molecule has 0 aliphatic rings. The molecule has 2 heterocycles. The number of aryl methyl sites for hydroxylation is 1. The predicted octanol–water partition coefficient (Wildman–Crippen LogP) is 2.83.